The molecule has 0 bridgehead atoms. The molecule has 3 N–H and O–H groups in total. The van der Waals surface area contributed by atoms with Crippen LogP contribution >= 0.6 is 0 Å². The fourth-order valence-corrected chi connectivity index (χ4v) is 3.28. The molecule has 0 radical (unpaired) electrons. The fraction of sp³-hybridized carbons (Fsp3) is 0.529. The summed E-state index contributed by atoms with van der Waals surface area (Å²) in [7, 11) is 0. The van der Waals surface area contributed by atoms with Crippen LogP contribution in [0.15, 0.2) is 18.2 Å². The standard InChI is InChI=1S/C17H22N2O3/c20-10-11-1-5-14(6-2-11)18-17(22)13-3-7-15-12(9-13)4-8-16(21)19-15/h3,7,9,11,14,20H,1-2,4-6,8,10H2,(H,18,22)(H,19,21). The molecule has 2 aliphatic rings. The largest absolute Gasteiger partial charge is 0.396 e. The summed E-state index contributed by atoms with van der Waals surface area (Å²) in [5, 5.41) is 15.1. The molecule has 0 aromatic heterocycles. The maximum absolute atomic E-state index is 12.4. The van der Waals surface area contributed by atoms with Gasteiger partial charge in [-0.15, -0.1) is 0 Å². The van der Waals surface area contributed by atoms with E-state index in [9.17, 15) is 9.59 Å². The Labute approximate surface area is 130 Å². The van der Waals surface area contributed by atoms with E-state index in [1.165, 1.54) is 0 Å². The lowest BCUT2D eigenvalue weighted by atomic mass is 9.86. The number of hydrogen-bond donors (Lipinski definition) is 3. The topological polar surface area (TPSA) is 78.4 Å². The molecule has 3 rings (SSSR count). The molecule has 0 atom stereocenters. The second-order valence-corrected chi connectivity index (χ2v) is 6.29. The Morgan fingerprint density at radius 2 is 2.00 bits per heavy atom. The van der Waals surface area contributed by atoms with Gasteiger partial charge in [0.15, 0.2) is 0 Å². The van der Waals surface area contributed by atoms with Crippen LogP contribution in [-0.4, -0.2) is 29.6 Å². The van der Waals surface area contributed by atoms with E-state index in [0.717, 1.165) is 36.9 Å². The Morgan fingerprint density at radius 3 is 2.73 bits per heavy atom. The van der Waals surface area contributed by atoms with Gasteiger partial charge in [-0.2, -0.15) is 0 Å². The van der Waals surface area contributed by atoms with Crippen molar-refractivity contribution in [2.24, 2.45) is 5.92 Å². The van der Waals surface area contributed by atoms with Gasteiger partial charge in [0.1, 0.15) is 0 Å². The molecular formula is C17H22N2O3. The number of anilines is 1. The maximum atomic E-state index is 12.4. The zero-order chi connectivity index (χ0) is 15.5. The molecule has 0 unspecified atom stereocenters. The van der Waals surface area contributed by atoms with Crippen LogP contribution in [0.4, 0.5) is 5.69 Å². The lowest BCUT2D eigenvalue weighted by Crippen LogP contribution is -2.38. The van der Waals surface area contributed by atoms with Crippen molar-refractivity contribution in [1.82, 2.24) is 5.32 Å². The molecule has 2 amide bonds. The number of fused-ring (bicyclic) bond motifs is 1. The third-order valence-electron chi connectivity index (χ3n) is 4.70. The third-order valence-corrected chi connectivity index (χ3v) is 4.70. The Hall–Kier alpha value is -1.88. The summed E-state index contributed by atoms with van der Waals surface area (Å²) >= 11 is 0. The highest BCUT2D eigenvalue weighted by Gasteiger charge is 2.23. The van der Waals surface area contributed by atoms with Crippen LogP contribution in [0, 0.1) is 5.92 Å². The van der Waals surface area contributed by atoms with Crippen molar-refractivity contribution in [2.45, 2.75) is 44.6 Å². The Balaban J connectivity index is 1.62. The zero-order valence-electron chi connectivity index (χ0n) is 12.6. The van der Waals surface area contributed by atoms with Gasteiger partial charge in [-0.3, -0.25) is 9.59 Å². The molecule has 1 fully saturated rings. The van der Waals surface area contributed by atoms with Crippen LogP contribution < -0.4 is 10.6 Å². The molecule has 1 saturated carbocycles. The highest BCUT2D eigenvalue weighted by Crippen LogP contribution is 2.25. The minimum atomic E-state index is -0.0489. The summed E-state index contributed by atoms with van der Waals surface area (Å²) in [5.41, 5.74) is 2.49. The van der Waals surface area contributed by atoms with Crippen molar-refractivity contribution >= 4 is 17.5 Å². The second kappa shape index (κ2) is 6.48. The predicted molar refractivity (Wildman–Crippen MR) is 83.7 cm³/mol. The summed E-state index contributed by atoms with van der Waals surface area (Å²) in [6, 6.07) is 5.65. The van der Waals surface area contributed by atoms with Crippen molar-refractivity contribution in [1.29, 1.82) is 0 Å². The van der Waals surface area contributed by atoms with Gasteiger partial charge >= 0.3 is 0 Å². The lowest BCUT2D eigenvalue weighted by Gasteiger charge is -2.28. The molecule has 5 heteroatoms. The van der Waals surface area contributed by atoms with Gasteiger partial charge in [0.05, 0.1) is 0 Å². The Morgan fingerprint density at radius 1 is 1.23 bits per heavy atom. The van der Waals surface area contributed by atoms with Crippen LogP contribution in [0.5, 0.6) is 0 Å². The van der Waals surface area contributed by atoms with E-state index in [4.69, 9.17) is 5.11 Å². The second-order valence-electron chi connectivity index (χ2n) is 6.29. The summed E-state index contributed by atoms with van der Waals surface area (Å²) in [4.78, 5) is 23.7. The predicted octanol–water partition coefficient (Wildman–Crippen LogP) is 1.85. The van der Waals surface area contributed by atoms with E-state index in [1.807, 2.05) is 12.1 Å². The van der Waals surface area contributed by atoms with Gasteiger partial charge in [0.2, 0.25) is 5.91 Å². The molecule has 1 aliphatic heterocycles. The number of hydrogen-bond acceptors (Lipinski definition) is 3. The van der Waals surface area contributed by atoms with Crippen molar-refractivity contribution in [2.75, 3.05) is 11.9 Å². The molecule has 118 valence electrons. The number of carbonyl (C=O) groups is 2. The highest BCUT2D eigenvalue weighted by molar-refractivity contribution is 5.98. The van der Waals surface area contributed by atoms with Crippen LogP contribution in [0.3, 0.4) is 0 Å². The molecule has 1 aromatic rings. The normalized spacial score (nSPS) is 24.3. The monoisotopic (exact) mass is 302 g/mol. The Bertz CT molecular complexity index is 577. The lowest BCUT2D eigenvalue weighted by molar-refractivity contribution is -0.116. The number of aliphatic hydroxyl groups is 1. The van der Waals surface area contributed by atoms with E-state index in [0.29, 0.717) is 24.3 Å². The van der Waals surface area contributed by atoms with Gasteiger partial charge < -0.3 is 15.7 Å². The number of nitrogens with one attached hydrogen (secondary N) is 2. The molecule has 5 nitrogen and oxygen atoms in total. The Kier molecular flexibility index (Phi) is 4.43. The molecule has 0 spiro atoms. The number of rotatable bonds is 3. The molecule has 1 aromatic carbocycles. The first-order valence-corrected chi connectivity index (χ1v) is 8.00. The molecule has 1 aliphatic carbocycles. The van der Waals surface area contributed by atoms with Gasteiger partial charge in [-0.1, -0.05) is 0 Å². The van der Waals surface area contributed by atoms with Crippen LogP contribution in [0.1, 0.15) is 48.0 Å². The minimum Gasteiger partial charge on any atom is -0.396 e. The average Bonchev–Trinajstić information content (AvgIpc) is 2.55. The highest BCUT2D eigenvalue weighted by atomic mass is 16.3. The maximum Gasteiger partial charge on any atom is 0.251 e. The first-order valence-electron chi connectivity index (χ1n) is 8.00. The summed E-state index contributed by atoms with van der Waals surface area (Å²) in [6.45, 7) is 0.247. The van der Waals surface area contributed by atoms with Crippen LogP contribution in [0.25, 0.3) is 0 Å². The van der Waals surface area contributed by atoms with Gasteiger partial charge in [0.25, 0.3) is 5.91 Å². The molecule has 22 heavy (non-hydrogen) atoms. The first kappa shape index (κ1) is 15.0. The fourth-order valence-electron chi connectivity index (χ4n) is 3.28. The molecule has 0 saturated heterocycles. The minimum absolute atomic E-state index is 0.0327. The quantitative estimate of drug-likeness (QED) is 0.797. The van der Waals surface area contributed by atoms with Gasteiger partial charge in [-0.05, 0) is 61.8 Å². The zero-order valence-corrected chi connectivity index (χ0v) is 12.6. The number of carbonyl (C=O) groups excluding carboxylic acids is 2. The van der Waals surface area contributed by atoms with Crippen molar-refractivity contribution < 1.29 is 14.7 Å². The third kappa shape index (κ3) is 3.30. The summed E-state index contributed by atoms with van der Waals surface area (Å²) in [6.07, 6.45) is 4.96. The smallest absolute Gasteiger partial charge is 0.251 e. The van der Waals surface area contributed by atoms with Crippen molar-refractivity contribution in [3.05, 3.63) is 29.3 Å². The first-order chi connectivity index (χ1) is 10.7. The van der Waals surface area contributed by atoms with E-state index >= 15 is 0 Å². The van der Waals surface area contributed by atoms with Crippen molar-refractivity contribution in [3.8, 4) is 0 Å². The van der Waals surface area contributed by atoms with E-state index in [1.54, 1.807) is 6.07 Å². The number of benzene rings is 1. The molecule has 1 heterocycles. The van der Waals surface area contributed by atoms with Crippen LogP contribution in [-0.2, 0) is 11.2 Å². The summed E-state index contributed by atoms with van der Waals surface area (Å²) < 4.78 is 0. The van der Waals surface area contributed by atoms with Crippen LogP contribution in [0.2, 0.25) is 0 Å². The van der Waals surface area contributed by atoms with Crippen molar-refractivity contribution in [3.63, 3.8) is 0 Å². The van der Waals surface area contributed by atoms with E-state index in [-0.39, 0.29) is 24.5 Å². The SMILES string of the molecule is O=C1CCc2cc(C(=O)NC3CCC(CO)CC3)ccc2N1. The van der Waals surface area contributed by atoms with Gasteiger partial charge in [-0.25, -0.2) is 0 Å². The number of aliphatic hydroxyl groups excluding tert-OH is 1. The number of amides is 2. The van der Waals surface area contributed by atoms with E-state index in [2.05, 4.69) is 10.6 Å². The average molecular weight is 302 g/mol. The number of aryl methyl sites for hydroxylation is 1. The van der Waals surface area contributed by atoms with Gasteiger partial charge in [0, 0.05) is 30.3 Å². The van der Waals surface area contributed by atoms with E-state index < -0.39 is 0 Å². The molecular weight excluding hydrogens is 280 g/mol. The summed E-state index contributed by atoms with van der Waals surface area (Å²) in [5.74, 6) is 0.373.